The molecule has 1 N–H and O–H groups in total. The molecule has 0 amide bonds. The predicted molar refractivity (Wildman–Crippen MR) is 66.5 cm³/mol. The highest BCUT2D eigenvalue weighted by Crippen LogP contribution is 2.31. The standard InChI is InChI=1S/C14H15NO2/c1-15-12-5-3-2-4-10(12)11-8-9(14(16)17)6-7-13(11)15/h6-8H,2-5H2,1H3,(H,16,17). The lowest BCUT2D eigenvalue weighted by Gasteiger charge is -2.12. The maximum atomic E-state index is 11.0. The van der Waals surface area contributed by atoms with E-state index in [1.165, 1.54) is 24.1 Å². The minimum absolute atomic E-state index is 0.386. The molecule has 0 aliphatic heterocycles. The molecule has 1 aliphatic carbocycles. The highest BCUT2D eigenvalue weighted by molar-refractivity contribution is 5.95. The van der Waals surface area contributed by atoms with Crippen molar-refractivity contribution in [1.82, 2.24) is 4.57 Å². The molecule has 1 heterocycles. The van der Waals surface area contributed by atoms with E-state index in [0.717, 1.165) is 23.7 Å². The number of rotatable bonds is 1. The molecule has 88 valence electrons. The van der Waals surface area contributed by atoms with Gasteiger partial charge in [0, 0.05) is 23.6 Å². The van der Waals surface area contributed by atoms with Gasteiger partial charge in [0.05, 0.1) is 5.56 Å². The van der Waals surface area contributed by atoms with Gasteiger partial charge in [-0.1, -0.05) is 0 Å². The van der Waals surface area contributed by atoms with Crippen LogP contribution >= 0.6 is 0 Å². The van der Waals surface area contributed by atoms with Crippen LogP contribution < -0.4 is 0 Å². The summed E-state index contributed by atoms with van der Waals surface area (Å²) in [4.78, 5) is 11.0. The summed E-state index contributed by atoms with van der Waals surface area (Å²) < 4.78 is 2.22. The van der Waals surface area contributed by atoms with Crippen LogP contribution in [0.25, 0.3) is 10.9 Å². The normalized spacial score (nSPS) is 14.9. The Morgan fingerprint density at radius 1 is 1.29 bits per heavy atom. The SMILES string of the molecule is Cn1c2c(c3cc(C(=O)O)ccc31)CCCC2. The second-order valence-corrected chi connectivity index (χ2v) is 4.73. The summed E-state index contributed by atoms with van der Waals surface area (Å²) in [5, 5.41) is 10.2. The van der Waals surface area contributed by atoms with Crippen LogP contribution in [0.15, 0.2) is 18.2 Å². The Bertz CT molecular complexity index is 610. The number of carboxylic acids is 1. The third kappa shape index (κ3) is 1.46. The zero-order chi connectivity index (χ0) is 12.0. The van der Waals surface area contributed by atoms with Gasteiger partial charge in [-0.05, 0) is 49.4 Å². The summed E-state index contributed by atoms with van der Waals surface area (Å²) >= 11 is 0. The first kappa shape index (κ1) is 10.4. The van der Waals surface area contributed by atoms with Crippen LogP contribution in [0.1, 0.15) is 34.5 Å². The molecule has 0 saturated carbocycles. The number of aromatic carboxylic acids is 1. The Hall–Kier alpha value is -1.77. The molecule has 0 saturated heterocycles. The summed E-state index contributed by atoms with van der Waals surface area (Å²) in [6.07, 6.45) is 4.64. The van der Waals surface area contributed by atoms with Gasteiger partial charge in [-0.25, -0.2) is 4.79 Å². The van der Waals surface area contributed by atoms with Crippen molar-refractivity contribution in [2.45, 2.75) is 25.7 Å². The van der Waals surface area contributed by atoms with E-state index in [-0.39, 0.29) is 0 Å². The number of benzene rings is 1. The van der Waals surface area contributed by atoms with Crippen molar-refractivity contribution in [3.63, 3.8) is 0 Å². The van der Waals surface area contributed by atoms with Gasteiger partial charge in [-0.2, -0.15) is 0 Å². The molecular formula is C14H15NO2. The van der Waals surface area contributed by atoms with Crippen LogP contribution in [0, 0.1) is 0 Å². The Kier molecular flexibility index (Phi) is 2.21. The predicted octanol–water partition coefficient (Wildman–Crippen LogP) is 2.76. The van der Waals surface area contributed by atoms with E-state index in [1.54, 1.807) is 6.07 Å². The summed E-state index contributed by atoms with van der Waals surface area (Å²) in [6.45, 7) is 0. The van der Waals surface area contributed by atoms with Crippen molar-refractivity contribution in [3.05, 3.63) is 35.0 Å². The molecule has 3 rings (SSSR count). The van der Waals surface area contributed by atoms with Crippen molar-refractivity contribution in [2.24, 2.45) is 7.05 Å². The van der Waals surface area contributed by atoms with Crippen LogP contribution in [0.2, 0.25) is 0 Å². The quantitative estimate of drug-likeness (QED) is 0.817. The summed E-state index contributed by atoms with van der Waals surface area (Å²) in [5.41, 5.74) is 4.28. The smallest absolute Gasteiger partial charge is 0.335 e. The maximum Gasteiger partial charge on any atom is 0.335 e. The molecule has 1 aromatic heterocycles. The fourth-order valence-corrected chi connectivity index (χ4v) is 2.90. The molecule has 0 radical (unpaired) electrons. The zero-order valence-corrected chi connectivity index (χ0v) is 9.86. The molecule has 0 fully saturated rings. The second-order valence-electron chi connectivity index (χ2n) is 4.73. The van der Waals surface area contributed by atoms with Gasteiger partial charge < -0.3 is 9.67 Å². The molecule has 1 aliphatic rings. The highest BCUT2D eigenvalue weighted by atomic mass is 16.4. The lowest BCUT2D eigenvalue weighted by molar-refractivity contribution is 0.0697. The molecule has 2 aromatic rings. The van der Waals surface area contributed by atoms with Gasteiger partial charge in [0.15, 0.2) is 0 Å². The van der Waals surface area contributed by atoms with E-state index in [2.05, 4.69) is 11.6 Å². The van der Waals surface area contributed by atoms with Crippen molar-refractivity contribution in [2.75, 3.05) is 0 Å². The number of hydrogen-bond donors (Lipinski definition) is 1. The zero-order valence-electron chi connectivity index (χ0n) is 9.86. The van der Waals surface area contributed by atoms with Crippen LogP contribution in [0.3, 0.4) is 0 Å². The first-order valence-electron chi connectivity index (χ1n) is 6.02. The molecular weight excluding hydrogens is 214 g/mol. The van der Waals surface area contributed by atoms with Gasteiger partial charge in [-0.3, -0.25) is 0 Å². The van der Waals surface area contributed by atoms with Gasteiger partial charge >= 0.3 is 5.97 Å². The molecule has 0 spiro atoms. The average molecular weight is 229 g/mol. The molecule has 0 atom stereocenters. The number of nitrogens with zero attached hydrogens (tertiary/aromatic N) is 1. The van der Waals surface area contributed by atoms with Crippen molar-refractivity contribution >= 4 is 16.9 Å². The third-order valence-corrected chi connectivity index (χ3v) is 3.77. The summed E-state index contributed by atoms with van der Waals surface area (Å²) in [7, 11) is 2.08. The minimum atomic E-state index is -0.847. The molecule has 0 bridgehead atoms. The Balaban J connectivity index is 2.32. The van der Waals surface area contributed by atoms with Gasteiger partial charge in [0.25, 0.3) is 0 Å². The fourth-order valence-electron chi connectivity index (χ4n) is 2.90. The number of aromatic nitrogens is 1. The van der Waals surface area contributed by atoms with E-state index < -0.39 is 5.97 Å². The third-order valence-electron chi connectivity index (χ3n) is 3.77. The fraction of sp³-hybridized carbons (Fsp3) is 0.357. The lowest BCUT2D eigenvalue weighted by Crippen LogP contribution is -2.04. The highest BCUT2D eigenvalue weighted by Gasteiger charge is 2.18. The van der Waals surface area contributed by atoms with Crippen LogP contribution in [0.5, 0.6) is 0 Å². The van der Waals surface area contributed by atoms with E-state index in [0.29, 0.717) is 5.56 Å². The Morgan fingerprint density at radius 2 is 2.06 bits per heavy atom. The van der Waals surface area contributed by atoms with Gasteiger partial charge in [0.1, 0.15) is 0 Å². The van der Waals surface area contributed by atoms with Gasteiger partial charge in [0.2, 0.25) is 0 Å². The minimum Gasteiger partial charge on any atom is -0.478 e. The second kappa shape index (κ2) is 3.62. The van der Waals surface area contributed by atoms with Crippen LogP contribution in [0.4, 0.5) is 0 Å². The molecule has 1 aromatic carbocycles. The largest absolute Gasteiger partial charge is 0.478 e. The number of carbonyl (C=O) groups is 1. The van der Waals surface area contributed by atoms with Gasteiger partial charge in [-0.15, -0.1) is 0 Å². The maximum absolute atomic E-state index is 11.0. The van der Waals surface area contributed by atoms with E-state index >= 15 is 0 Å². The van der Waals surface area contributed by atoms with E-state index in [4.69, 9.17) is 5.11 Å². The number of carboxylic acid groups (broad SMARTS) is 1. The molecule has 3 heteroatoms. The van der Waals surface area contributed by atoms with Crippen molar-refractivity contribution < 1.29 is 9.90 Å². The Labute approximate surface area is 99.7 Å². The monoisotopic (exact) mass is 229 g/mol. The van der Waals surface area contributed by atoms with E-state index in [9.17, 15) is 4.79 Å². The molecule has 0 unspecified atom stereocenters. The van der Waals surface area contributed by atoms with Crippen molar-refractivity contribution in [1.29, 1.82) is 0 Å². The summed E-state index contributed by atoms with van der Waals surface area (Å²) in [6, 6.07) is 5.44. The first-order chi connectivity index (χ1) is 8.18. The van der Waals surface area contributed by atoms with Crippen LogP contribution in [-0.4, -0.2) is 15.6 Å². The topological polar surface area (TPSA) is 42.2 Å². The number of fused-ring (bicyclic) bond motifs is 3. The number of aryl methyl sites for hydroxylation is 2. The summed E-state index contributed by atoms with van der Waals surface area (Å²) in [5.74, 6) is -0.847. The number of hydrogen-bond acceptors (Lipinski definition) is 1. The van der Waals surface area contributed by atoms with Crippen molar-refractivity contribution in [3.8, 4) is 0 Å². The first-order valence-corrected chi connectivity index (χ1v) is 6.02. The molecule has 17 heavy (non-hydrogen) atoms. The average Bonchev–Trinajstić information content (AvgIpc) is 2.64. The molecule has 3 nitrogen and oxygen atoms in total. The lowest BCUT2D eigenvalue weighted by atomic mass is 9.95. The Morgan fingerprint density at radius 3 is 2.82 bits per heavy atom. The van der Waals surface area contributed by atoms with Crippen LogP contribution in [-0.2, 0) is 19.9 Å². The van der Waals surface area contributed by atoms with E-state index in [1.807, 2.05) is 12.1 Å².